The van der Waals surface area contributed by atoms with E-state index in [1.807, 2.05) is 24.3 Å². The van der Waals surface area contributed by atoms with E-state index in [0.29, 0.717) is 18.2 Å². The van der Waals surface area contributed by atoms with E-state index in [9.17, 15) is 9.59 Å². The van der Waals surface area contributed by atoms with Crippen LogP contribution >= 0.6 is 39.1 Å². The van der Waals surface area contributed by atoms with Crippen LogP contribution in [0.1, 0.15) is 12.8 Å². The number of anilines is 2. The lowest BCUT2D eigenvalue weighted by Crippen LogP contribution is -2.30. The molecular weight excluding hydrogens is 493 g/mol. The molecule has 4 rings (SSSR count). The molecule has 0 radical (unpaired) electrons. The number of nitrogens with one attached hydrogen (secondary N) is 2. The fourth-order valence-electron chi connectivity index (χ4n) is 2.89. The zero-order chi connectivity index (χ0) is 21.3. The minimum atomic E-state index is -0.647. The van der Waals surface area contributed by atoms with Crippen LogP contribution in [-0.2, 0) is 6.54 Å². The lowest BCUT2D eigenvalue weighted by molar-refractivity contribution is 0.262. The number of carbonyl (C=O) groups is 1. The smallest absolute Gasteiger partial charge is 0.305 e. The molecule has 2 heterocycles. The molecule has 0 saturated heterocycles. The Bertz CT molecular complexity index is 1160. The van der Waals surface area contributed by atoms with Gasteiger partial charge in [-0.25, -0.2) is 9.48 Å². The predicted molar refractivity (Wildman–Crippen MR) is 121 cm³/mol. The van der Waals surface area contributed by atoms with Crippen molar-refractivity contribution in [2.75, 3.05) is 10.6 Å². The van der Waals surface area contributed by atoms with Crippen molar-refractivity contribution in [2.24, 2.45) is 5.92 Å². The number of rotatable bonds is 5. The van der Waals surface area contributed by atoms with Crippen LogP contribution in [0.15, 0.2) is 52.0 Å². The maximum Gasteiger partial charge on any atom is 0.323 e. The van der Waals surface area contributed by atoms with Crippen molar-refractivity contribution >= 4 is 56.5 Å². The van der Waals surface area contributed by atoms with Gasteiger partial charge in [-0.15, -0.1) is 0 Å². The molecule has 1 aliphatic rings. The molecule has 0 unspecified atom stereocenters. The highest BCUT2D eigenvalue weighted by molar-refractivity contribution is 9.10. The summed E-state index contributed by atoms with van der Waals surface area (Å²) in [5, 5.41) is 10.0. The van der Waals surface area contributed by atoms with E-state index in [0.717, 1.165) is 22.9 Å². The van der Waals surface area contributed by atoms with Gasteiger partial charge in [0.05, 0.1) is 21.4 Å². The summed E-state index contributed by atoms with van der Waals surface area (Å²) >= 11 is 15.5. The molecular formula is C20H16BrCl2N5O2. The molecule has 3 aromatic rings. The highest BCUT2D eigenvalue weighted by atomic mass is 79.9. The standard InChI is InChI=1S/C20H16BrCl2N5O2/c21-13-3-1-2-12(6-13)16-7-17(19(29)28(27-16)10-11-4-5-11)25-20(30)26-18-14(22)8-24-9-15(18)23/h1-3,6-9,11H,4-5,10H2,(H2,24,25,26,30). The Hall–Kier alpha value is -2.42. The van der Waals surface area contributed by atoms with Gasteiger partial charge in [0.25, 0.3) is 5.56 Å². The number of benzene rings is 1. The number of pyridine rings is 1. The van der Waals surface area contributed by atoms with Gasteiger partial charge in [0, 0.05) is 29.0 Å². The molecule has 2 aromatic heterocycles. The monoisotopic (exact) mass is 507 g/mol. The normalized spacial score (nSPS) is 13.2. The summed E-state index contributed by atoms with van der Waals surface area (Å²) in [6.45, 7) is 0.513. The molecule has 1 saturated carbocycles. The molecule has 0 atom stereocenters. The third-order valence-electron chi connectivity index (χ3n) is 4.56. The second-order valence-electron chi connectivity index (χ2n) is 6.94. The number of hydrogen-bond donors (Lipinski definition) is 2. The minimum absolute atomic E-state index is 0.111. The van der Waals surface area contributed by atoms with Crippen LogP contribution in [0.4, 0.5) is 16.2 Å². The van der Waals surface area contributed by atoms with Crippen LogP contribution < -0.4 is 16.2 Å². The van der Waals surface area contributed by atoms with Gasteiger partial charge in [-0.3, -0.25) is 9.78 Å². The van der Waals surface area contributed by atoms with E-state index in [1.54, 1.807) is 6.07 Å². The largest absolute Gasteiger partial charge is 0.323 e. The van der Waals surface area contributed by atoms with Crippen LogP contribution in [0.5, 0.6) is 0 Å². The van der Waals surface area contributed by atoms with E-state index in [1.165, 1.54) is 17.1 Å². The molecule has 0 aliphatic heterocycles. The second-order valence-corrected chi connectivity index (χ2v) is 8.67. The molecule has 1 aromatic carbocycles. The molecule has 2 amide bonds. The molecule has 7 nitrogen and oxygen atoms in total. The SMILES string of the molecule is O=C(Nc1c(Cl)cncc1Cl)Nc1cc(-c2cccc(Br)c2)nn(CC2CC2)c1=O. The topological polar surface area (TPSA) is 88.9 Å². The third kappa shape index (κ3) is 4.83. The molecule has 30 heavy (non-hydrogen) atoms. The average Bonchev–Trinajstić information content (AvgIpc) is 3.52. The van der Waals surface area contributed by atoms with E-state index in [4.69, 9.17) is 23.2 Å². The molecule has 0 spiro atoms. The summed E-state index contributed by atoms with van der Waals surface area (Å²) in [4.78, 5) is 29.3. The van der Waals surface area contributed by atoms with Gasteiger partial charge in [-0.2, -0.15) is 5.10 Å². The van der Waals surface area contributed by atoms with Gasteiger partial charge < -0.3 is 10.6 Å². The quantitative estimate of drug-likeness (QED) is 0.481. The zero-order valence-corrected chi connectivity index (χ0v) is 18.6. The molecule has 154 valence electrons. The number of nitrogens with zero attached hydrogens (tertiary/aromatic N) is 3. The summed E-state index contributed by atoms with van der Waals surface area (Å²) in [5.41, 5.74) is 1.34. The van der Waals surface area contributed by atoms with E-state index >= 15 is 0 Å². The highest BCUT2D eigenvalue weighted by Crippen LogP contribution is 2.31. The number of hydrogen-bond acceptors (Lipinski definition) is 4. The van der Waals surface area contributed by atoms with Gasteiger partial charge in [-0.1, -0.05) is 51.3 Å². The van der Waals surface area contributed by atoms with E-state index in [2.05, 4.69) is 36.6 Å². The summed E-state index contributed by atoms with van der Waals surface area (Å²) in [7, 11) is 0. The van der Waals surface area contributed by atoms with Crippen molar-refractivity contribution in [3.8, 4) is 11.3 Å². The van der Waals surface area contributed by atoms with Gasteiger partial charge in [0.1, 0.15) is 5.69 Å². The van der Waals surface area contributed by atoms with Gasteiger partial charge >= 0.3 is 6.03 Å². The second kappa shape index (κ2) is 8.75. The molecule has 10 heteroatoms. The first kappa shape index (κ1) is 20.8. The minimum Gasteiger partial charge on any atom is -0.305 e. The summed E-state index contributed by atoms with van der Waals surface area (Å²) in [6.07, 6.45) is 4.86. The number of amides is 2. The van der Waals surface area contributed by atoms with Crippen LogP contribution in [0.2, 0.25) is 10.0 Å². The van der Waals surface area contributed by atoms with Crippen LogP contribution in [0, 0.1) is 5.92 Å². The number of urea groups is 1. The third-order valence-corrected chi connectivity index (χ3v) is 5.63. The molecule has 1 aliphatic carbocycles. The maximum absolute atomic E-state index is 12.9. The lowest BCUT2D eigenvalue weighted by atomic mass is 10.1. The van der Waals surface area contributed by atoms with E-state index in [-0.39, 0.29) is 27.0 Å². The lowest BCUT2D eigenvalue weighted by Gasteiger charge is -2.13. The Balaban J connectivity index is 1.66. The van der Waals surface area contributed by atoms with E-state index < -0.39 is 6.03 Å². The summed E-state index contributed by atoms with van der Waals surface area (Å²) in [5.74, 6) is 0.434. The van der Waals surface area contributed by atoms with Gasteiger partial charge in [0.15, 0.2) is 0 Å². The summed E-state index contributed by atoms with van der Waals surface area (Å²) in [6, 6.07) is 8.48. The number of aromatic nitrogens is 3. The average molecular weight is 509 g/mol. The van der Waals surface area contributed by atoms with Crippen molar-refractivity contribution in [2.45, 2.75) is 19.4 Å². The summed E-state index contributed by atoms with van der Waals surface area (Å²) < 4.78 is 2.30. The molecule has 1 fully saturated rings. The fourth-order valence-corrected chi connectivity index (χ4v) is 3.75. The highest BCUT2D eigenvalue weighted by Gasteiger charge is 2.24. The molecule has 0 bridgehead atoms. The van der Waals surface area contributed by atoms with Gasteiger partial charge in [0.2, 0.25) is 0 Å². The van der Waals surface area contributed by atoms with Crippen molar-refractivity contribution in [1.29, 1.82) is 0 Å². The Labute approximate surface area is 190 Å². The Morgan fingerprint density at radius 1 is 1.17 bits per heavy atom. The first-order valence-electron chi connectivity index (χ1n) is 9.16. The first-order valence-corrected chi connectivity index (χ1v) is 10.7. The number of carbonyl (C=O) groups excluding carboxylic acids is 1. The maximum atomic E-state index is 12.9. The van der Waals surface area contributed by atoms with Crippen molar-refractivity contribution in [3.63, 3.8) is 0 Å². The van der Waals surface area contributed by atoms with Crippen LogP contribution in [0.25, 0.3) is 11.3 Å². The molecule has 2 N–H and O–H groups in total. The Morgan fingerprint density at radius 2 is 1.90 bits per heavy atom. The van der Waals surface area contributed by atoms with Crippen molar-refractivity contribution < 1.29 is 4.79 Å². The van der Waals surface area contributed by atoms with Crippen molar-refractivity contribution in [3.05, 3.63) is 67.6 Å². The van der Waals surface area contributed by atoms with Gasteiger partial charge in [-0.05, 0) is 37.0 Å². The Kier molecular flexibility index (Phi) is 6.08. The zero-order valence-electron chi connectivity index (χ0n) is 15.5. The predicted octanol–water partition coefficient (Wildman–Crippen LogP) is 5.43. The number of halogens is 3. The van der Waals surface area contributed by atoms with Crippen LogP contribution in [-0.4, -0.2) is 20.8 Å². The first-order chi connectivity index (χ1) is 14.4. The van der Waals surface area contributed by atoms with Crippen LogP contribution in [0.3, 0.4) is 0 Å². The fraction of sp³-hybridized carbons (Fsp3) is 0.200. The van der Waals surface area contributed by atoms with Crippen molar-refractivity contribution in [1.82, 2.24) is 14.8 Å². The Morgan fingerprint density at radius 3 is 2.57 bits per heavy atom.